The summed E-state index contributed by atoms with van der Waals surface area (Å²) in [5.41, 5.74) is 2.68. The fraction of sp³-hybridized carbons (Fsp3) is 0.647. The number of ether oxygens (including phenoxy) is 1. The van der Waals surface area contributed by atoms with Crippen molar-refractivity contribution in [2.45, 2.75) is 57.9 Å². The van der Waals surface area contributed by atoms with Crippen molar-refractivity contribution in [3.63, 3.8) is 0 Å². The highest BCUT2D eigenvalue weighted by molar-refractivity contribution is 5.36. The van der Waals surface area contributed by atoms with Gasteiger partial charge in [-0.25, -0.2) is 0 Å². The molecule has 0 aromatic heterocycles. The topological polar surface area (TPSA) is 21.3 Å². The third-order valence-electron chi connectivity index (χ3n) is 3.82. The maximum Gasteiger partial charge on any atom is 0.122 e. The van der Waals surface area contributed by atoms with Crippen LogP contribution in [0.25, 0.3) is 0 Å². The second kappa shape index (κ2) is 7.54. The van der Waals surface area contributed by atoms with E-state index < -0.39 is 0 Å². The number of methoxy groups -OCH3 is 1. The molecule has 0 spiro atoms. The largest absolute Gasteiger partial charge is 0.496 e. The summed E-state index contributed by atoms with van der Waals surface area (Å²) in [5.74, 6) is 1.04. The molecule has 2 heteroatoms. The molecule has 1 aromatic rings. The number of hydrogen-bond donors (Lipinski definition) is 1. The van der Waals surface area contributed by atoms with Gasteiger partial charge < -0.3 is 10.1 Å². The molecule has 106 valence electrons. The molecule has 19 heavy (non-hydrogen) atoms. The van der Waals surface area contributed by atoms with Crippen LogP contribution in [-0.4, -0.2) is 19.7 Å². The van der Waals surface area contributed by atoms with Crippen molar-refractivity contribution in [2.75, 3.05) is 13.7 Å². The highest BCUT2D eigenvalue weighted by Crippen LogP contribution is 2.22. The molecule has 0 bridgehead atoms. The number of aryl methyl sites for hydroxylation is 2. The zero-order valence-electron chi connectivity index (χ0n) is 12.4. The van der Waals surface area contributed by atoms with Gasteiger partial charge in [-0.05, 0) is 57.2 Å². The van der Waals surface area contributed by atoms with Gasteiger partial charge in [0.2, 0.25) is 0 Å². The van der Waals surface area contributed by atoms with Gasteiger partial charge in [-0.2, -0.15) is 0 Å². The monoisotopic (exact) mass is 261 g/mol. The molecule has 0 radical (unpaired) electrons. The second-order valence-electron chi connectivity index (χ2n) is 5.71. The lowest BCUT2D eigenvalue weighted by atomic mass is 10.0. The summed E-state index contributed by atoms with van der Waals surface area (Å²) in [6, 6.07) is 7.32. The molecule has 1 fully saturated rings. The Balaban J connectivity index is 1.60. The highest BCUT2D eigenvalue weighted by Gasteiger charge is 2.19. The Kier molecular flexibility index (Phi) is 5.71. The zero-order valence-corrected chi connectivity index (χ0v) is 12.4. The predicted molar refractivity (Wildman–Crippen MR) is 80.9 cm³/mol. The van der Waals surface area contributed by atoms with Crippen molar-refractivity contribution < 1.29 is 4.74 Å². The van der Waals surface area contributed by atoms with Crippen molar-refractivity contribution in [1.29, 1.82) is 0 Å². The molecule has 1 aliphatic carbocycles. The highest BCUT2D eigenvalue weighted by atomic mass is 16.5. The minimum atomic E-state index is 0.858. The molecular weight excluding hydrogens is 234 g/mol. The van der Waals surface area contributed by atoms with Crippen LogP contribution >= 0.6 is 0 Å². The molecule has 1 N–H and O–H groups in total. The maximum absolute atomic E-state index is 5.42. The lowest BCUT2D eigenvalue weighted by molar-refractivity contribution is 0.408. The van der Waals surface area contributed by atoms with Gasteiger partial charge in [0.25, 0.3) is 0 Å². The summed E-state index contributed by atoms with van der Waals surface area (Å²) < 4.78 is 5.42. The fourth-order valence-corrected chi connectivity index (χ4v) is 2.49. The number of nitrogens with one attached hydrogen (secondary N) is 1. The average Bonchev–Trinajstić information content (AvgIpc) is 3.22. The van der Waals surface area contributed by atoms with Crippen molar-refractivity contribution in [2.24, 2.45) is 0 Å². The molecule has 2 nitrogen and oxygen atoms in total. The van der Waals surface area contributed by atoms with E-state index in [9.17, 15) is 0 Å². The van der Waals surface area contributed by atoms with Gasteiger partial charge in [-0.3, -0.25) is 0 Å². The third kappa shape index (κ3) is 5.23. The van der Waals surface area contributed by atoms with Crippen LogP contribution in [0.5, 0.6) is 5.75 Å². The van der Waals surface area contributed by atoms with Gasteiger partial charge in [0.15, 0.2) is 0 Å². The lowest BCUT2D eigenvalue weighted by Gasteiger charge is -2.09. The first kappa shape index (κ1) is 14.4. The van der Waals surface area contributed by atoms with Gasteiger partial charge in [-0.15, -0.1) is 0 Å². The third-order valence-corrected chi connectivity index (χ3v) is 3.82. The Morgan fingerprint density at radius 1 is 1.16 bits per heavy atom. The minimum Gasteiger partial charge on any atom is -0.496 e. The van der Waals surface area contributed by atoms with Crippen LogP contribution in [0.1, 0.15) is 49.7 Å². The summed E-state index contributed by atoms with van der Waals surface area (Å²) in [5, 5.41) is 3.57. The summed E-state index contributed by atoms with van der Waals surface area (Å²) in [4.78, 5) is 0. The van der Waals surface area contributed by atoms with Crippen LogP contribution < -0.4 is 10.1 Å². The summed E-state index contributed by atoms with van der Waals surface area (Å²) >= 11 is 0. The smallest absolute Gasteiger partial charge is 0.122 e. The van der Waals surface area contributed by atoms with Crippen molar-refractivity contribution in [3.05, 3.63) is 29.3 Å². The predicted octanol–water partition coefficient (Wildman–Crippen LogP) is 3.86. The SMILES string of the molecule is COc1ccc(C)cc1CCCCCCNC1CC1. The van der Waals surface area contributed by atoms with Crippen LogP contribution in [0.3, 0.4) is 0 Å². The van der Waals surface area contributed by atoms with E-state index in [0.29, 0.717) is 0 Å². The van der Waals surface area contributed by atoms with Gasteiger partial charge in [0.1, 0.15) is 5.75 Å². The maximum atomic E-state index is 5.42. The number of hydrogen-bond acceptors (Lipinski definition) is 2. The molecule has 2 rings (SSSR count). The molecule has 1 aromatic carbocycles. The molecule has 0 saturated heterocycles. The molecule has 0 atom stereocenters. The van der Waals surface area contributed by atoms with Crippen LogP contribution in [0, 0.1) is 6.92 Å². The Bertz CT molecular complexity index is 385. The molecule has 0 aliphatic heterocycles. The molecular formula is C17H27NO. The first-order valence-corrected chi connectivity index (χ1v) is 7.66. The first-order chi connectivity index (χ1) is 9.29. The molecule has 0 unspecified atom stereocenters. The Morgan fingerprint density at radius 2 is 1.95 bits per heavy atom. The zero-order chi connectivity index (χ0) is 13.5. The first-order valence-electron chi connectivity index (χ1n) is 7.66. The van der Waals surface area contributed by atoms with Gasteiger partial charge in [-0.1, -0.05) is 30.5 Å². The molecule has 0 amide bonds. The van der Waals surface area contributed by atoms with Crippen LogP contribution in [0.2, 0.25) is 0 Å². The number of benzene rings is 1. The molecule has 1 aliphatic rings. The molecule has 0 heterocycles. The van der Waals surface area contributed by atoms with E-state index in [1.807, 2.05) is 0 Å². The number of rotatable bonds is 9. The summed E-state index contributed by atoms with van der Waals surface area (Å²) in [7, 11) is 1.76. The molecule has 1 saturated carbocycles. The lowest BCUT2D eigenvalue weighted by Crippen LogP contribution is -2.17. The fourth-order valence-electron chi connectivity index (χ4n) is 2.49. The van der Waals surface area contributed by atoms with Crippen LogP contribution in [0.4, 0.5) is 0 Å². The second-order valence-corrected chi connectivity index (χ2v) is 5.71. The van der Waals surface area contributed by atoms with Gasteiger partial charge >= 0.3 is 0 Å². The van der Waals surface area contributed by atoms with Gasteiger partial charge in [0, 0.05) is 6.04 Å². The Morgan fingerprint density at radius 3 is 2.68 bits per heavy atom. The van der Waals surface area contributed by atoms with Crippen LogP contribution in [-0.2, 0) is 6.42 Å². The van der Waals surface area contributed by atoms with E-state index in [2.05, 4.69) is 30.4 Å². The van der Waals surface area contributed by atoms with Crippen molar-refractivity contribution in [1.82, 2.24) is 5.32 Å². The Labute approximate surface area is 117 Å². The van der Waals surface area contributed by atoms with E-state index in [1.54, 1.807) is 7.11 Å². The van der Waals surface area contributed by atoms with E-state index in [1.165, 1.54) is 56.2 Å². The standard InChI is InChI=1S/C17H27NO/c1-14-8-11-17(19-2)15(13-14)7-5-3-4-6-12-18-16-9-10-16/h8,11,13,16,18H,3-7,9-10,12H2,1-2H3. The van der Waals surface area contributed by atoms with E-state index in [0.717, 1.165) is 18.2 Å². The normalized spacial score (nSPS) is 14.6. The van der Waals surface area contributed by atoms with E-state index in [4.69, 9.17) is 4.74 Å². The summed E-state index contributed by atoms with van der Waals surface area (Å²) in [6.07, 6.45) is 9.18. The average molecular weight is 261 g/mol. The number of unbranched alkanes of at least 4 members (excludes halogenated alkanes) is 3. The van der Waals surface area contributed by atoms with Gasteiger partial charge in [0.05, 0.1) is 7.11 Å². The van der Waals surface area contributed by atoms with Crippen molar-refractivity contribution >= 4 is 0 Å². The van der Waals surface area contributed by atoms with E-state index >= 15 is 0 Å². The minimum absolute atomic E-state index is 0.858. The summed E-state index contributed by atoms with van der Waals surface area (Å²) in [6.45, 7) is 3.35. The quantitative estimate of drug-likeness (QED) is 0.682. The van der Waals surface area contributed by atoms with E-state index in [-0.39, 0.29) is 0 Å². The van der Waals surface area contributed by atoms with Crippen LogP contribution in [0.15, 0.2) is 18.2 Å². The Hall–Kier alpha value is -1.02. The van der Waals surface area contributed by atoms with Crippen molar-refractivity contribution in [3.8, 4) is 5.75 Å².